The quantitative estimate of drug-likeness (QED) is 0.504. The highest BCUT2D eigenvalue weighted by Gasteiger charge is 2.14. The van der Waals surface area contributed by atoms with Crippen molar-refractivity contribution in [2.75, 3.05) is 0 Å². The number of hydrogen-bond acceptors (Lipinski definition) is 2. The van der Waals surface area contributed by atoms with Gasteiger partial charge in [0.1, 0.15) is 11.2 Å². The number of halogens is 1. The number of para-hydroxylation sites is 1. The molecule has 90 valence electrons. The van der Waals surface area contributed by atoms with Gasteiger partial charge in [0.05, 0.1) is 5.38 Å². The number of alkyl halides is 1. The lowest BCUT2D eigenvalue weighted by molar-refractivity contribution is 0.0992. The summed E-state index contributed by atoms with van der Waals surface area (Å²) in [6.45, 7) is 1.68. The second kappa shape index (κ2) is 4.14. The second-order valence-electron chi connectivity index (χ2n) is 4.29. The van der Waals surface area contributed by atoms with E-state index in [-0.39, 0.29) is 5.78 Å². The number of rotatable bonds is 2. The normalized spacial score (nSPS) is 13.0. The molecule has 1 aromatic heterocycles. The van der Waals surface area contributed by atoms with Crippen molar-refractivity contribution < 1.29 is 9.21 Å². The molecule has 0 bridgehead atoms. The number of carbonyl (C=O) groups is 1. The number of Topliss-reactive ketones (excluding diaryl/α,β-unsaturated/α-hetero) is 1. The van der Waals surface area contributed by atoms with E-state index < -0.39 is 5.38 Å². The lowest BCUT2D eigenvalue weighted by Crippen LogP contribution is -2.09. The van der Waals surface area contributed by atoms with Gasteiger partial charge in [-0.2, -0.15) is 0 Å². The summed E-state index contributed by atoms with van der Waals surface area (Å²) in [6, 6.07) is 13.2. The van der Waals surface area contributed by atoms with Gasteiger partial charge in [-0.1, -0.05) is 18.2 Å². The molecule has 2 aromatic carbocycles. The predicted octanol–water partition coefficient (Wildman–Crippen LogP) is 4.40. The summed E-state index contributed by atoms with van der Waals surface area (Å²) in [4.78, 5) is 11.9. The molecule has 1 atom stereocenters. The molecule has 0 saturated heterocycles. The minimum Gasteiger partial charge on any atom is -0.456 e. The maximum Gasteiger partial charge on any atom is 0.180 e. The van der Waals surface area contributed by atoms with E-state index in [0.717, 1.165) is 21.9 Å². The fourth-order valence-electron chi connectivity index (χ4n) is 2.11. The van der Waals surface area contributed by atoms with Crippen LogP contribution in [0, 0.1) is 0 Å². The van der Waals surface area contributed by atoms with E-state index in [2.05, 4.69) is 0 Å². The van der Waals surface area contributed by atoms with Crippen LogP contribution in [0.3, 0.4) is 0 Å². The molecule has 3 rings (SSSR count). The van der Waals surface area contributed by atoms with Gasteiger partial charge in [-0.15, -0.1) is 11.6 Å². The molecule has 3 heteroatoms. The molecule has 18 heavy (non-hydrogen) atoms. The Kier molecular flexibility index (Phi) is 2.60. The largest absolute Gasteiger partial charge is 0.456 e. The molecule has 0 spiro atoms. The van der Waals surface area contributed by atoms with Crippen molar-refractivity contribution in [2.24, 2.45) is 0 Å². The number of furan rings is 1. The van der Waals surface area contributed by atoms with Gasteiger partial charge < -0.3 is 4.42 Å². The summed E-state index contributed by atoms with van der Waals surface area (Å²) in [5.41, 5.74) is 2.24. The minimum absolute atomic E-state index is 0.0659. The topological polar surface area (TPSA) is 30.2 Å². The van der Waals surface area contributed by atoms with Crippen molar-refractivity contribution in [1.29, 1.82) is 0 Å². The third-order valence-corrected chi connectivity index (χ3v) is 3.22. The van der Waals surface area contributed by atoms with Gasteiger partial charge in [0.15, 0.2) is 5.78 Å². The van der Waals surface area contributed by atoms with Gasteiger partial charge in [0, 0.05) is 16.3 Å². The highest BCUT2D eigenvalue weighted by atomic mass is 35.5. The third-order valence-electron chi connectivity index (χ3n) is 3.02. The Morgan fingerprint density at radius 3 is 2.61 bits per heavy atom. The molecule has 2 nitrogen and oxygen atoms in total. The van der Waals surface area contributed by atoms with Crippen LogP contribution in [0.15, 0.2) is 46.9 Å². The van der Waals surface area contributed by atoms with Crippen LogP contribution in [0.2, 0.25) is 0 Å². The van der Waals surface area contributed by atoms with Crippen molar-refractivity contribution >= 4 is 39.3 Å². The van der Waals surface area contributed by atoms with Gasteiger partial charge in [-0.05, 0) is 31.2 Å². The fourth-order valence-corrected chi connectivity index (χ4v) is 2.23. The average molecular weight is 259 g/mol. The molecule has 0 aliphatic carbocycles. The van der Waals surface area contributed by atoms with Crippen LogP contribution in [-0.2, 0) is 0 Å². The molecule has 0 aliphatic heterocycles. The molecule has 1 heterocycles. The summed E-state index contributed by atoms with van der Waals surface area (Å²) in [6.07, 6.45) is 0. The fraction of sp³-hybridized carbons (Fsp3) is 0.133. The molecule has 3 aromatic rings. The van der Waals surface area contributed by atoms with Gasteiger partial charge in [-0.3, -0.25) is 4.79 Å². The van der Waals surface area contributed by atoms with E-state index in [4.69, 9.17) is 16.0 Å². The van der Waals surface area contributed by atoms with Gasteiger partial charge in [0.25, 0.3) is 0 Å². The van der Waals surface area contributed by atoms with Crippen LogP contribution in [0.1, 0.15) is 17.3 Å². The SMILES string of the molecule is CC(Cl)C(=O)c1ccc2oc3ccccc3c2c1. The zero-order valence-electron chi connectivity index (χ0n) is 9.81. The van der Waals surface area contributed by atoms with Crippen LogP contribution in [-0.4, -0.2) is 11.2 Å². The summed E-state index contributed by atoms with van der Waals surface area (Å²) in [5.74, 6) is -0.0659. The lowest BCUT2D eigenvalue weighted by atomic mass is 10.0. The van der Waals surface area contributed by atoms with Crippen molar-refractivity contribution in [3.8, 4) is 0 Å². The van der Waals surface area contributed by atoms with Gasteiger partial charge in [0.2, 0.25) is 0 Å². The van der Waals surface area contributed by atoms with E-state index in [9.17, 15) is 4.79 Å². The molecular weight excluding hydrogens is 248 g/mol. The number of fused-ring (bicyclic) bond motifs is 3. The first-order chi connectivity index (χ1) is 8.66. The monoisotopic (exact) mass is 258 g/mol. The molecule has 0 radical (unpaired) electrons. The van der Waals surface area contributed by atoms with E-state index >= 15 is 0 Å². The molecule has 0 amide bonds. The average Bonchev–Trinajstić information content (AvgIpc) is 2.75. The number of carbonyl (C=O) groups excluding carboxylic acids is 1. The Labute approximate surface area is 109 Å². The molecule has 0 aliphatic rings. The van der Waals surface area contributed by atoms with Crippen LogP contribution < -0.4 is 0 Å². The number of ketones is 1. The Morgan fingerprint density at radius 2 is 1.83 bits per heavy atom. The van der Waals surface area contributed by atoms with Crippen LogP contribution in [0.25, 0.3) is 21.9 Å². The van der Waals surface area contributed by atoms with Crippen molar-refractivity contribution in [3.63, 3.8) is 0 Å². The maximum atomic E-state index is 11.9. The Balaban J connectivity index is 2.28. The van der Waals surface area contributed by atoms with Crippen LogP contribution in [0.4, 0.5) is 0 Å². The predicted molar refractivity (Wildman–Crippen MR) is 73.4 cm³/mol. The number of benzene rings is 2. The zero-order chi connectivity index (χ0) is 12.7. The summed E-state index contributed by atoms with van der Waals surface area (Å²) < 4.78 is 5.70. The Morgan fingerprint density at radius 1 is 1.11 bits per heavy atom. The van der Waals surface area contributed by atoms with Gasteiger partial charge >= 0.3 is 0 Å². The Hall–Kier alpha value is -1.80. The van der Waals surface area contributed by atoms with Crippen molar-refractivity contribution in [2.45, 2.75) is 12.3 Å². The highest BCUT2D eigenvalue weighted by molar-refractivity contribution is 6.33. The Bertz CT molecular complexity index is 740. The summed E-state index contributed by atoms with van der Waals surface area (Å²) >= 11 is 5.83. The second-order valence-corrected chi connectivity index (χ2v) is 4.94. The van der Waals surface area contributed by atoms with E-state index in [1.807, 2.05) is 36.4 Å². The molecule has 0 N–H and O–H groups in total. The van der Waals surface area contributed by atoms with E-state index in [1.54, 1.807) is 13.0 Å². The number of hydrogen-bond donors (Lipinski definition) is 0. The first kappa shape index (κ1) is 11.3. The smallest absolute Gasteiger partial charge is 0.180 e. The summed E-state index contributed by atoms with van der Waals surface area (Å²) in [7, 11) is 0. The summed E-state index contributed by atoms with van der Waals surface area (Å²) in [5, 5.41) is 1.46. The van der Waals surface area contributed by atoms with E-state index in [0.29, 0.717) is 5.56 Å². The maximum absolute atomic E-state index is 11.9. The molecule has 0 saturated carbocycles. The van der Waals surface area contributed by atoms with Crippen LogP contribution in [0.5, 0.6) is 0 Å². The van der Waals surface area contributed by atoms with Crippen molar-refractivity contribution in [1.82, 2.24) is 0 Å². The van der Waals surface area contributed by atoms with Gasteiger partial charge in [-0.25, -0.2) is 0 Å². The lowest BCUT2D eigenvalue weighted by Gasteiger charge is -2.01. The third kappa shape index (κ3) is 1.70. The van der Waals surface area contributed by atoms with Crippen LogP contribution >= 0.6 is 11.6 Å². The zero-order valence-corrected chi connectivity index (χ0v) is 10.6. The highest BCUT2D eigenvalue weighted by Crippen LogP contribution is 2.29. The molecule has 0 fully saturated rings. The first-order valence-electron chi connectivity index (χ1n) is 5.76. The van der Waals surface area contributed by atoms with Crippen molar-refractivity contribution in [3.05, 3.63) is 48.0 Å². The molecular formula is C15H11ClO2. The standard InChI is InChI=1S/C15H11ClO2/c1-9(16)15(17)10-6-7-14-12(8-10)11-4-2-3-5-13(11)18-14/h2-9H,1H3. The molecule has 1 unspecified atom stereocenters. The first-order valence-corrected chi connectivity index (χ1v) is 6.20. The van der Waals surface area contributed by atoms with E-state index in [1.165, 1.54) is 0 Å². The minimum atomic E-state index is -0.513.